The summed E-state index contributed by atoms with van der Waals surface area (Å²) in [7, 11) is 0. The highest BCUT2D eigenvalue weighted by Gasteiger charge is 2.44. The van der Waals surface area contributed by atoms with E-state index in [1.165, 1.54) is 6.20 Å². The van der Waals surface area contributed by atoms with E-state index in [0.717, 1.165) is 12.1 Å². The molecule has 2 atom stereocenters. The number of fused-ring (bicyclic) bond motifs is 4. The molecule has 8 nitrogen and oxygen atoms in total. The lowest BCUT2D eigenvalue weighted by Crippen LogP contribution is -2.56. The number of pyridine rings is 1. The Morgan fingerprint density at radius 2 is 2.00 bits per heavy atom. The van der Waals surface area contributed by atoms with Crippen LogP contribution in [0.3, 0.4) is 0 Å². The summed E-state index contributed by atoms with van der Waals surface area (Å²) in [6.07, 6.45) is -3.64. The second kappa shape index (κ2) is 8.15. The number of alkyl halides is 3. The highest BCUT2D eigenvalue weighted by atomic mass is 35.5. The lowest BCUT2D eigenvalue weighted by molar-refractivity contribution is -0.274. The van der Waals surface area contributed by atoms with Gasteiger partial charge in [-0.05, 0) is 18.2 Å². The van der Waals surface area contributed by atoms with E-state index in [1.807, 2.05) is 0 Å². The number of amides is 1. The van der Waals surface area contributed by atoms with Gasteiger partial charge in [-0.15, -0.1) is 23.4 Å². The average Bonchev–Trinajstić information content (AvgIpc) is 3.17. The largest absolute Gasteiger partial charge is 0.573 e. The zero-order valence-corrected chi connectivity index (χ0v) is 18.1. The van der Waals surface area contributed by atoms with Gasteiger partial charge in [-0.25, -0.2) is 0 Å². The Labute approximate surface area is 194 Å². The molecule has 172 valence electrons. The molecule has 2 aliphatic rings. The summed E-state index contributed by atoms with van der Waals surface area (Å²) in [5.41, 5.74) is 0.417. The van der Waals surface area contributed by atoms with Gasteiger partial charge in [0.15, 0.2) is 11.6 Å². The van der Waals surface area contributed by atoms with E-state index in [0.29, 0.717) is 5.82 Å². The topological polar surface area (TPSA) is 82.4 Å². The average molecular weight is 500 g/mol. The molecule has 1 aromatic carbocycles. The summed E-state index contributed by atoms with van der Waals surface area (Å²) in [5, 5.41) is 8.76. The summed E-state index contributed by atoms with van der Waals surface area (Å²) < 4.78 is 49.2. The van der Waals surface area contributed by atoms with Crippen LogP contribution in [0.25, 0.3) is 11.5 Å². The predicted octanol–water partition coefficient (Wildman–Crippen LogP) is 4.14. The summed E-state index contributed by atoms with van der Waals surface area (Å²) in [5.74, 6) is -0.0503. The smallest absolute Gasteiger partial charge is 0.406 e. The zero-order valence-electron chi connectivity index (χ0n) is 16.6. The summed E-state index contributed by atoms with van der Waals surface area (Å²) in [4.78, 5) is 19.2. The van der Waals surface area contributed by atoms with Crippen molar-refractivity contribution in [2.75, 3.05) is 13.2 Å². The molecule has 1 saturated heterocycles. The Kier molecular flexibility index (Phi) is 5.42. The lowest BCUT2D eigenvalue weighted by Gasteiger charge is -2.45. The number of benzene rings is 1. The fourth-order valence-corrected chi connectivity index (χ4v) is 4.44. The maximum atomic E-state index is 13.4. The molecular weight excluding hydrogens is 486 g/mol. The van der Waals surface area contributed by atoms with Crippen molar-refractivity contribution in [2.45, 2.75) is 25.0 Å². The van der Waals surface area contributed by atoms with E-state index in [9.17, 15) is 18.0 Å². The first-order valence-corrected chi connectivity index (χ1v) is 10.5. The molecule has 4 heterocycles. The molecule has 2 bridgehead atoms. The van der Waals surface area contributed by atoms with Crippen molar-refractivity contribution in [1.82, 2.24) is 24.6 Å². The number of carbonyl (C=O) groups is 1. The number of carbonyl (C=O) groups excluding carboxylic acids is 1. The third kappa shape index (κ3) is 4.00. The molecule has 13 heteroatoms. The minimum Gasteiger partial charge on any atom is -0.406 e. The molecule has 1 fully saturated rings. The van der Waals surface area contributed by atoms with E-state index in [-0.39, 0.29) is 58.8 Å². The molecule has 0 radical (unpaired) electrons. The predicted molar refractivity (Wildman–Crippen MR) is 110 cm³/mol. The van der Waals surface area contributed by atoms with Crippen LogP contribution in [0.4, 0.5) is 13.2 Å². The summed E-state index contributed by atoms with van der Waals surface area (Å²) >= 11 is 12.3. The first-order valence-electron chi connectivity index (χ1n) is 9.72. The molecule has 33 heavy (non-hydrogen) atoms. The van der Waals surface area contributed by atoms with Gasteiger partial charge in [0.2, 0.25) is 0 Å². The van der Waals surface area contributed by atoms with Gasteiger partial charge < -0.3 is 18.9 Å². The van der Waals surface area contributed by atoms with Crippen LogP contribution in [0, 0.1) is 0 Å². The molecule has 5 rings (SSSR count). The Hall–Kier alpha value is -2.89. The molecular formula is C20H14Cl2F3N5O3. The summed E-state index contributed by atoms with van der Waals surface area (Å²) in [6.45, 7) is 0.676. The molecule has 0 N–H and O–H groups in total. The highest BCUT2D eigenvalue weighted by Crippen LogP contribution is 2.37. The lowest BCUT2D eigenvalue weighted by atomic mass is 10.0. The van der Waals surface area contributed by atoms with Crippen LogP contribution in [0.1, 0.15) is 22.2 Å². The number of aromatic nitrogens is 4. The monoisotopic (exact) mass is 499 g/mol. The third-order valence-corrected chi connectivity index (χ3v) is 6.22. The van der Waals surface area contributed by atoms with Crippen molar-refractivity contribution >= 4 is 29.1 Å². The Morgan fingerprint density at radius 1 is 1.18 bits per heavy atom. The molecule has 1 amide bonds. The van der Waals surface area contributed by atoms with Crippen molar-refractivity contribution in [3.8, 4) is 17.3 Å². The molecule has 0 spiro atoms. The molecule has 2 aliphatic heterocycles. The van der Waals surface area contributed by atoms with Gasteiger partial charge in [0.25, 0.3) is 5.91 Å². The van der Waals surface area contributed by atoms with E-state index >= 15 is 0 Å². The van der Waals surface area contributed by atoms with Crippen LogP contribution in [-0.4, -0.2) is 56.2 Å². The number of ether oxygens (including phenoxy) is 2. The maximum absolute atomic E-state index is 13.4. The number of hydrogen-bond donors (Lipinski definition) is 0. The Balaban J connectivity index is 1.51. The van der Waals surface area contributed by atoms with Crippen molar-refractivity contribution in [3.63, 3.8) is 0 Å². The van der Waals surface area contributed by atoms with Crippen LogP contribution in [0.15, 0.2) is 36.5 Å². The van der Waals surface area contributed by atoms with Gasteiger partial charge in [-0.1, -0.05) is 29.3 Å². The fourth-order valence-electron chi connectivity index (χ4n) is 4.06. The number of hydrogen-bond acceptors (Lipinski definition) is 6. The van der Waals surface area contributed by atoms with Gasteiger partial charge in [-0.2, -0.15) is 0 Å². The Bertz CT molecular complexity index is 1240. The van der Waals surface area contributed by atoms with E-state index in [2.05, 4.69) is 19.9 Å². The van der Waals surface area contributed by atoms with Gasteiger partial charge in [-0.3, -0.25) is 9.78 Å². The van der Waals surface area contributed by atoms with Crippen LogP contribution in [0.2, 0.25) is 10.0 Å². The van der Waals surface area contributed by atoms with E-state index in [4.69, 9.17) is 27.9 Å². The Morgan fingerprint density at radius 3 is 2.79 bits per heavy atom. The number of halogens is 5. The quantitative estimate of drug-likeness (QED) is 0.538. The van der Waals surface area contributed by atoms with Crippen molar-refractivity contribution < 1.29 is 27.4 Å². The molecule has 0 aliphatic carbocycles. The summed E-state index contributed by atoms with van der Waals surface area (Å²) in [6, 6.07) is 6.10. The van der Waals surface area contributed by atoms with Gasteiger partial charge in [0, 0.05) is 18.8 Å². The van der Waals surface area contributed by atoms with Crippen LogP contribution >= 0.6 is 23.2 Å². The van der Waals surface area contributed by atoms with E-state index < -0.39 is 18.2 Å². The third-order valence-electron chi connectivity index (χ3n) is 5.40. The molecule has 0 saturated carbocycles. The SMILES string of the molecule is O=C(c1cccc(Cl)c1Cl)N1[C@H]2COC[C@@H]1c1nnc(-c3cc(OC(F)(F)F)ccn3)n1C2. The fraction of sp³-hybridized carbons (Fsp3) is 0.300. The number of rotatable bonds is 3. The van der Waals surface area contributed by atoms with Crippen molar-refractivity contribution in [2.24, 2.45) is 0 Å². The molecule has 2 aromatic heterocycles. The normalized spacial score (nSPS) is 19.8. The minimum atomic E-state index is -4.83. The standard InChI is InChI=1S/C20H14Cl2F3N5O3/c21-13-3-1-2-12(16(13)22)19(31)30-10-7-29-17(27-28-18(29)15(30)9-32-8-10)14-6-11(4-5-26-14)33-20(23,24)25/h1-6,10,15H,7-9H2/t10-,15-/m1/s1. The van der Waals surface area contributed by atoms with Gasteiger partial charge >= 0.3 is 6.36 Å². The van der Waals surface area contributed by atoms with Crippen molar-refractivity contribution in [3.05, 3.63) is 58.0 Å². The maximum Gasteiger partial charge on any atom is 0.573 e. The first kappa shape index (κ1) is 21.9. The zero-order chi connectivity index (χ0) is 23.3. The second-order valence-corrected chi connectivity index (χ2v) is 8.22. The molecule has 0 unspecified atom stereocenters. The van der Waals surface area contributed by atoms with Crippen LogP contribution < -0.4 is 4.74 Å². The minimum absolute atomic E-state index is 0.154. The first-order chi connectivity index (χ1) is 15.7. The van der Waals surface area contributed by atoms with Crippen LogP contribution in [0.5, 0.6) is 5.75 Å². The van der Waals surface area contributed by atoms with Gasteiger partial charge in [0.05, 0.1) is 34.9 Å². The van der Waals surface area contributed by atoms with Crippen LogP contribution in [-0.2, 0) is 11.3 Å². The van der Waals surface area contributed by atoms with E-state index in [1.54, 1.807) is 27.7 Å². The van der Waals surface area contributed by atoms with Gasteiger partial charge in [0.1, 0.15) is 17.5 Å². The van der Waals surface area contributed by atoms with Crippen molar-refractivity contribution in [1.29, 1.82) is 0 Å². The molecule has 3 aromatic rings. The highest BCUT2D eigenvalue weighted by molar-refractivity contribution is 6.43. The number of morpholine rings is 1. The second-order valence-electron chi connectivity index (χ2n) is 7.44. The number of nitrogens with zero attached hydrogens (tertiary/aromatic N) is 5.